The molecule has 1 saturated carbocycles. The number of rotatable bonds is 3. The zero-order valence-electron chi connectivity index (χ0n) is 18.1. The van der Waals surface area contributed by atoms with Gasteiger partial charge in [0.2, 0.25) is 5.79 Å². The van der Waals surface area contributed by atoms with Crippen LogP contribution in [0.25, 0.3) is 0 Å². The number of likely N-dealkylation sites (tertiary alicyclic amines) is 1. The molecule has 6 heteroatoms. The zero-order valence-corrected chi connectivity index (χ0v) is 18.1. The molecule has 30 heavy (non-hydrogen) atoms. The summed E-state index contributed by atoms with van der Waals surface area (Å²) in [6.07, 6.45) is 4.86. The van der Waals surface area contributed by atoms with Gasteiger partial charge in [0.1, 0.15) is 0 Å². The van der Waals surface area contributed by atoms with Gasteiger partial charge in [-0.05, 0) is 51.3 Å². The van der Waals surface area contributed by atoms with Crippen molar-refractivity contribution in [3.63, 3.8) is 0 Å². The molecule has 3 aliphatic heterocycles. The van der Waals surface area contributed by atoms with Crippen molar-refractivity contribution in [3.05, 3.63) is 34.9 Å². The topological polar surface area (TPSA) is 60.4 Å². The van der Waals surface area contributed by atoms with Gasteiger partial charge in [0.05, 0.1) is 31.3 Å². The minimum atomic E-state index is -0.878. The van der Waals surface area contributed by atoms with Gasteiger partial charge in [-0.15, -0.1) is 0 Å². The molecule has 1 aromatic rings. The molecule has 3 heterocycles. The second-order valence-electron chi connectivity index (χ2n) is 9.78. The lowest BCUT2D eigenvalue weighted by Crippen LogP contribution is -2.79. The van der Waals surface area contributed by atoms with Crippen molar-refractivity contribution < 1.29 is 24.1 Å². The van der Waals surface area contributed by atoms with E-state index in [1.54, 1.807) is 7.11 Å². The molecule has 0 radical (unpaired) electrons. The fourth-order valence-electron chi connectivity index (χ4n) is 7.02. The Morgan fingerprint density at radius 2 is 2.03 bits per heavy atom. The SMILES string of the molecule is COc1ccc2c3c1OC1C4(CCC5(O)C(C2)N(CC=C(C)C)CCC315)OCCO4. The summed E-state index contributed by atoms with van der Waals surface area (Å²) >= 11 is 0. The number of methoxy groups -OCH3 is 1. The largest absolute Gasteiger partial charge is 0.493 e. The van der Waals surface area contributed by atoms with Gasteiger partial charge < -0.3 is 24.1 Å². The van der Waals surface area contributed by atoms with E-state index in [0.29, 0.717) is 26.1 Å². The fourth-order valence-corrected chi connectivity index (χ4v) is 7.02. The van der Waals surface area contributed by atoms with Crippen LogP contribution in [-0.2, 0) is 21.3 Å². The molecule has 2 aliphatic carbocycles. The van der Waals surface area contributed by atoms with Gasteiger partial charge in [-0.1, -0.05) is 17.7 Å². The van der Waals surface area contributed by atoms with Crippen LogP contribution in [0.3, 0.4) is 0 Å². The van der Waals surface area contributed by atoms with Crippen molar-refractivity contribution in [1.82, 2.24) is 4.90 Å². The molecular formula is C24H31NO5. The maximum atomic E-state index is 12.5. The van der Waals surface area contributed by atoms with E-state index < -0.39 is 16.8 Å². The second-order valence-corrected chi connectivity index (χ2v) is 9.78. The third-order valence-corrected chi connectivity index (χ3v) is 8.29. The van der Waals surface area contributed by atoms with Crippen LogP contribution in [0.15, 0.2) is 23.8 Å². The maximum absolute atomic E-state index is 12.5. The Balaban J connectivity index is 1.55. The van der Waals surface area contributed by atoms with Crippen LogP contribution in [0.5, 0.6) is 11.5 Å². The van der Waals surface area contributed by atoms with Crippen LogP contribution in [-0.4, -0.2) is 67.0 Å². The Kier molecular flexibility index (Phi) is 3.96. The first-order valence-electron chi connectivity index (χ1n) is 11.2. The van der Waals surface area contributed by atoms with Crippen LogP contribution in [0, 0.1) is 0 Å². The van der Waals surface area contributed by atoms with Gasteiger partial charge in [0.15, 0.2) is 17.6 Å². The maximum Gasteiger partial charge on any atom is 0.207 e. The Hall–Kier alpha value is -1.60. The highest BCUT2D eigenvalue weighted by Crippen LogP contribution is 2.68. The molecule has 2 bridgehead atoms. The van der Waals surface area contributed by atoms with Gasteiger partial charge in [0, 0.05) is 24.6 Å². The average molecular weight is 414 g/mol. The number of ether oxygens (including phenoxy) is 4. The van der Waals surface area contributed by atoms with Crippen LogP contribution in [0.1, 0.15) is 44.2 Å². The van der Waals surface area contributed by atoms with Crippen molar-refractivity contribution in [2.75, 3.05) is 33.4 Å². The van der Waals surface area contributed by atoms with Crippen LogP contribution in [0.4, 0.5) is 0 Å². The molecule has 5 aliphatic rings. The third kappa shape index (κ3) is 2.13. The predicted octanol–water partition coefficient (Wildman–Crippen LogP) is 2.56. The Labute approximate surface area is 177 Å². The lowest BCUT2D eigenvalue weighted by Gasteiger charge is -2.65. The van der Waals surface area contributed by atoms with Gasteiger partial charge in [-0.3, -0.25) is 4.90 Å². The monoisotopic (exact) mass is 413 g/mol. The molecule has 4 unspecified atom stereocenters. The van der Waals surface area contributed by atoms with E-state index in [1.807, 2.05) is 6.07 Å². The molecule has 0 amide bonds. The fraction of sp³-hybridized carbons (Fsp3) is 0.667. The standard InChI is InChI=1S/C24H31NO5/c1-15(2)6-10-25-11-9-22-19-16-4-5-17(27-3)20(19)30-21(22)24(28-12-13-29-24)8-7-23(22,26)18(25)14-16/h4-6,18,21,26H,7-14H2,1-3H3. The molecule has 2 spiro atoms. The summed E-state index contributed by atoms with van der Waals surface area (Å²) in [6.45, 7) is 7.20. The second kappa shape index (κ2) is 6.22. The highest BCUT2D eigenvalue weighted by molar-refractivity contribution is 5.63. The van der Waals surface area contributed by atoms with E-state index >= 15 is 0 Å². The summed E-state index contributed by atoms with van der Waals surface area (Å²) in [7, 11) is 1.68. The number of allylic oxidation sites excluding steroid dienone is 1. The Bertz CT molecular complexity index is 918. The number of benzene rings is 1. The van der Waals surface area contributed by atoms with Crippen LogP contribution in [0.2, 0.25) is 0 Å². The minimum Gasteiger partial charge on any atom is -0.493 e. The minimum absolute atomic E-state index is 0.0542. The summed E-state index contributed by atoms with van der Waals surface area (Å²) in [5.41, 5.74) is 2.31. The molecule has 3 fully saturated rings. The van der Waals surface area contributed by atoms with Crippen molar-refractivity contribution in [2.24, 2.45) is 0 Å². The molecular weight excluding hydrogens is 382 g/mol. The van der Waals surface area contributed by atoms with Gasteiger partial charge in [-0.2, -0.15) is 0 Å². The number of nitrogens with zero attached hydrogens (tertiary/aromatic N) is 1. The van der Waals surface area contributed by atoms with E-state index in [0.717, 1.165) is 43.0 Å². The summed E-state index contributed by atoms with van der Waals surface area (Å²) in [4.78, 5) is 2.47. The predicted molar refractivity (Wildman–Crippen MR) is 111 cm³/mol. The Morgan fingerprint density at radius 1 is 1.23 bits per heavy atom. The van der Waals surface area contributed by atoms with E-state index in [2.05, 4.69) is 30.9 Å². The molecule has 0 aromatic heterocycles. The summed E-state index contributed by atoms with van der Waals surface area (Å²) in [6, 6.07) is 4.23. The molecule has 4 atom stereocenters. The number of fused-ring (bicyclic) bond motifs is 1. The zero-order chi connectivity index (χ0) is 20.7. The molecule has 6 rings (SSSR count). The first-order valence-corrected chi connectivity index (χ1v) is 11.2. The summed E-state index contributed by atoms with van der Waals surface area (Å²) in [5.74, 6) is 0.741. The number of piperidine rings is 1. The summed E-state index contributed by atoms with van der Waals surface area (Å²) < 4.78 is 24.8. The lowest BCUT2D eigenvalue weighted by molar-refractivity contribution is -0.296. The van der Waals surface area contributed by atoms with Gasteiger partial charge >= 0.3 is 0 Å². The van der Waals surface area contributed by atoms with Crippen molar-refractivity contribution in [2.45, 2.75) is 68.5 Å². The number of aliphatic hydroxyl groups is 1. The normalized spacial score (nSPS) is 37.6. The van der Waals surface area contributed by atoms with Crippen molar-refractivity contribution >= 4 is 0 Å². The third-order valence-electron chi connectivity index (χ3n) is 8.29. The van der Waals surface area contributed by atoms with Crippen LogP contribution >= 0.6 is 0 Å². The van der Waals surface area contributed by atoms with E-state index in [4.69, 9.17) is 18.9 Å². The van der Waals surface area contributed by atoms with E-state index in [9.17, 15) is 5.11 Å². The molecule has 1 aromatic carbocycles. The molecule has 162 valence electrons. The van der Waals surface area contributed by atoms with Gasteiger partial charge in [-0.25, -0.2) is 0 Å². The molecule has 2 saturated heterocycles. The molecule has 6 nitrogen and oxygen atoms in total. The Morgan fingerprint density at radius 3 is 2.77 bits per heavy atom. The highest BCUT2D eigenvalue weighted by Gasteiger charge is 2.77. The van der Waals surface area contributed by atoms with Crippen LogP contribution < -0.4 is 9.47 Å². The first-order chi connectivity index (χ1) is 14.5. The number of hydrogen-bond acceptors (Lipinski definition) is 6. The summed E-state index contributed by atoms with van der Waals surface area (Å²) in [5, 5.41) is 12.5. The van der Waals surface area contributed by atoms with Crippen molar-refractivity contribution in [3.8, 4) is 11.5 Å². The van der Waals surface area contributed by atoms with Crippen molar-refractivity contribution in [1.29, 1.82) is 0 Å². The first kappa shape index (κ1) is 19.1. The average Bonchev–Trinajstić information content (AvgIpc) is 3.33. The smallest absolute Gasteiger partial charge is 0.207 e. The van der Waals surface area contributed by atoms with E-state index in [1.165, 1.54) is 11.1 Å². The molecule has 1 N–H and O–H groups in total. The quantitative estimate of drug-likeness (QED) is 0.769. The van der Waals surface area contributed by atoms with E-state index in [-0.39, 0.29) is 12.1 Å². The lowest BCUT2D eigenvalue weighted by atomic mass is 9.48. The van der Waals surface area contributed by atoms with Gasteiger partial charge in [0.25, 0.3) is 0 Å². The number of hydrogen-bond donors (Lipinski definition) is 1. The highest BCUT2D eigenvalue weighted by atomic mass is 16.8.